The van der Waals surface area contributed by atoms with Crippen molar-refractivity contribution in [1.82, 2.24) is 9.78 Å². The van der Waals surface area contributed by atoms with Crippen LogP contribution in [0, 0.1) is 0 Å². The minimum Gasteiger partial charge on any atom is -0.478 e. The Morgan fingerprint density at radius 3 is 2.75 bits per heavy atom. The third-order valence-electron chi connectivity index (χ3n) is 4.11. The van der Waals surface area contributed by atoms with E-state index in [4.69, 9.17) is 5.10 Å². The summed E-state index contributed by atoms with van der Waals surface area (Å²) >= 11 is 3.45. The second-order valence-electron chi connectivity index (χ2n) is 5.63. The third-order valence-corrected chi connectivity index (χ3v) is 4.63. The van der Waals surface area contributed by atoms with E-state index in [1.807, 2.05) is 30.3 Å². The van der Waals surface area contributed by atoms with Crippen molar-refractivity contribution in [1.29, 1.82) is 0 Å². The molecule has 0 saturated carbocycles. The number of carboxylic acids is 1. The number of benzene rings is 2. The molecule has 0 amide bonds. The van der Waals surface area contributed by atoms with Gasteiger partial charge in [0.15, 0.2) is 0 Å². The third kappa shape index (κ3) is 2.49. The van der Waals surface area contributed by atoms with E-state index in [1.54, 1.807) is 22.9 Å². The van der Waals surface area contributed by atoms with Crippen LogP contribution in [0.5, 0.6) is 0 Å². The second kappa shape index (κ2) is 5.79. The Balaban J connectivity index is 1.86. The Kier molecular flexibility index (Phi) is 3.61. The van der Waals surface area contributed by atoms with E-state index >= 15 is 0 Å². The van der Waals surface area contributed by atoms with Crippen LogP contribution in [0.2, 0.25) is 0 Å². The fourth-order valence-electron chi connectivity index (χ4n) is 2.97. The van der Waals surface area contributed by atoms with Crippen LogP contribution in [0.25, 0.3) is 16.9 Å². The lowest BCUT2D eigenvalue weighted by atomic mass is 10.1. The minimum absolute atomic E-state index is 0.250. The van der Waals surface area contributed by atoms with Crippen molar-refractivity contribution in [2.75, 3.05) is 11.9 Å². The Hall–Kier alpha value is -2.60. The summed E-state index contributed by atoms with van der Waals surface area (Å²) in [6.45, 7) is 0.856. The van der Waals surface area contributed by atoms with Gasteiger partial charge in [-0.05, 0) is 36.8 Å². The Labute approximate surface area is 147 Å². The molecule has 0 aliphatic carbocycles. The van der Waals surface area contributed by atoms with E-state index in [0.29, 0.717) is 0 Å². The molecule has 1 aliphatic rings. The van der Waals surface area contributed by atoms with Crippen molar-refractivity contribution in [3.8, 4) is 16.9 Å². The number of aromatic carboxylic acids is 1. The highest BCUT2D eigenvalue weighted by Gasteiger charge is 2.24. The van der Waals surface area contributed by atoms with Crippen LogP contribution in [-0.2, 0) is 6.42 Å². The first-order valence-corrected chi connectivity index (χ1v) is 8.38. The number of rotatable bonds is 3. The SMILES string of the molecule is O=C(O)c1cccc(-n2nc(-c3ccc(Br)cc3)c3c2NCC3)c1. The molecule has 24 heavy (non-hydrogen) atoms. The van der Waals surface area contributed by atoms with E-state index in [9.17, 15) is 9.90 Å². The molecule has 0 bridgehead atoms. The maximum absolute atomic E-state index is 11.2. The average Bonchev–Trinajstić information content (AvgIpc) is 3.18. The van der Waals surface area contributed by atoms with Crippen molar-refractivity contribution >= 4 is 27.7 Å². The van der Waals surface area contributed by atoms with E-state index in [0.717, 1.165) is 45.8 Å². The van der Waals surface area contributed by atoms with E-state index in [-0.39, 0.29) is 5.56 Å². The van der Waals surface area contributed by atoms with Crippen LogP contribution in [0.4, 0.5) is 5.82 Å². The van der Waals surface area contributed by atoms with Gasteiger partial charge in [-0.15, -0.1) is 0 Å². The first kappa shape index (κ1) is 15.0. The van der Waals surface area contributed by atoms with Gasteiger partial charge in [0.1, 0.15) is 5.82 Å². The topological polar surface area (TPSA) is 67.1 Å². The quantitative estimate of drug-likeness (QED) is 0.717. The molecule has 0 spiro atoms. The molecule has 4 rings (SSSR count). The molecule has 0 fully saturated rings. The number of carboxylic acid groups (broad SMARTS) is 1. The molecule has 3 aromatic rings. The van der Waals surface area contributed by atoms with Gasteiger partial charge in [-0.3, -0.25) is 0 Å². The highest BCUT2D eigenvalue weighted by molar-refractivity contribution is 9.10. The number of hydrogen-bond acceptors (Lipinski definition) is 3. The van der Waals surface area contributed by atoms with Gasteiger partial charge in [0.05, 0.1) is 16.9 Å². The monoisotopic (exact) mass is 383 g/mol. The second-order valence-corrected chi connectivity index (χ2v) is 6.54. The Bertz CT molecular complexity index is 932. The molecule has 1 aliphatic heterocycles. The van der Waals surface area contributed by atoms with E-state index < -0.39 is 5.97 Å². The van der Waals surface area contributed by atoms with Gasteiger partial charge in [-0.25, -0.2) is 9.48 Å². The number of carbonyl (C=O) groups is 1. The molecule has 2 N–H and O–H groups in total. The van der Waals surface area contributed by atoms with Crippen LogP contribution < -0.4 is 5.32 Å². The smallest absolute Gasteiger partial charge is 0.335 e. The lowest BCUT2D eigenvalue weighted by molar-refractivity contribution is 0.0697. The van der Waals surface area contributed by atoms with Crippen molar-refractivity contribution in [3.05, 3.63) is 64.1 Å². The summed E-state index contributed by atoms with van der Waals surface area (Å²) in [4.78, 5) is 11.2. The van der Waals surface area contributed by atoms with Gasteiger partial charge in [0.25, 0.3) is 0 Å². The van der Waals surface area contributed by atoms with Crippen LogP contribution in [-0.4, -0.2) is 27.4 Å². The molecule has 0 saturated heterocycles. The number of hydrogen-bond donors (Lipinski definition) is 2. The molecule has 0 radical (unpaired) electrons. The van der Waals surface area contributed by atoms with Crippen LogP contribution in [0.3, 0.4) is 0 Å². The molecule has 0 atom stereocenters. The summed E-state index contributed by atoms with van der Waals surface area (Å²) in [6.07, 6.45) is 0.902. The first-order chi connectivity index (χ1) is 11.6. The highest BCUT2D eigenvalue weighted by Crippen LogP contribution is 2.35. The molecule has 0 unspecified atom stereocenters. The van der Waals surface area contributed by atoms with Gasteiger partial charge in [-0.2, -0.15) is 5.10 Å². The molecular weight excluding hydrogens is 370 g/mol. The van der Waals surface area contributed by atoms with Gasteiger partial charge in [0, 0.05) is 22.1 Å². The van der Waals surface area contributed by atoms with E-state index in [2.05, 4.69) is 21.2 Å². The van der Waals surface area contributed by atoms with Crippen LogP contribution >= 0.6 is 15.9 Å². The summed E-state index contributed by atoms with van der Waals surface area (Å²) in [5.74, 6) is -0.00259. The summed E-state index contributed by atoms with van der Waals surface area (Å²) in [6, 6.07) is 14.9. The maximum atomic E-state index is 11.2. The summed E-state index contributed by atoms with van der Waals surface area (Å²) in [7, 11) is 0. The lowest BCUT2D eigenvalue weighted by Crippen LogP contribution is -2.05. The number of halogens is 1. The molecule has 5 nitrogen and oxygen atoms in total. The number of fused-ring (bicyclic) bond motifs is 1. The molecule has 2 aromatic carbocycles. The molecule has 6 heteroatoms. The predicted octanol–water partition coefficient (Wildman–Crippen LogP) is 3.97. The average molecular weight is 384 g/mol. The fourth-order valence-corrected chi connectivity index (χ4v) is 3.24. The van der Waals surface area contributed by atoms with Gasteiger partial charge in [-0.1, -0.05) is 34.1 Å². The number of anilines is 1. The Morgan fingerprint density at radius 1 is 1.21 bits per heavy atom. The number of nitrogens with zero attached hydrogens (tertiary/aromatic N) is 2. The number of nitrogens with one attached hydrogen (secondary N) is 1. The largest absolute Gasteiger partial charge is 0.478 e. The zero-order chi connectivity index (χ0) is 16.7. The molecule has 120 valence electrons. The van der Waals surface area contributed by atoms with Crippen molar-refractivity contribution in [2.45, 2.75) is 6.42 Å². The van der Waals surface area contributed by atoms with Crippen LogP contribution in [0.1, 0.15) is 15.9 Å². The zero-order valence-corrected chi connectivity index (χ0v) is 14.2. The minimum atomic E-state index is -0.943. The van der Waals surface area contributed by atoms with Crippen LogP contribution in [0.15, 0.2) is 53.0 Å². The van der Waals surface area contributed by atoms with Crippen molar-refractivity contribution in [3.63, 3.8) is 0 Å². The fraction of sp³-hybridized carbons (Fsp3) is 0.111. The van der Waals surface area contributed by atoms with Gasteiger partial charge < -0.3 is 10.4 Å². The molecule has 2 heterocycles. The molecule has 1 aromatic heterocycles. The molecular formula is C18H14BrN3O2. The number of aromatic nitrogens is 2. The van der Waals surface area contributed by atoms with Gasteiger partial charge in [0.2, 0.25) is 0 Å². The predicted molar refractivity (Wildman–Crippen MR) is 95.9 cm³/mol. The summed E-state index contributed by atoms with van der Waals surface area (Å²) in [5.41, 5.74) is 4.14. The van der Waals surface area contributed by atoms with E-state index in [1.165, 1.54) is 0 Å². The normalized spacial score (nSPS) is 12.7. The summed E-state index contributed by atoms with van der Waals surface area (Å²) < 4.78 is 2.82. The summed E-state index contributed by atoms with van der Waals surface area (Å²) in [5, 5.41) is 17.3. The van der Waals surface area contributed by atoms with Gasteiger partial charge >= 0.3 is 5.97 Å². The Morgan fingerprint density at radius 2 is 2.00 bits per heavy atom. The van der Waals surface area contributed by atoms with Crippen molar-refractivity contribution in [2.24, 2.45) is 0 Å². The lowest BCUT2D eigenvalue weighted by Gasteiger charge is -2.07. The standard InChI is InChI=1S/C18H14BrN3O2/c19-13-6-4-11(5-7-13)16-15-8-9-20-17(15)22(21-16)14-3-1-2-12(10-14)18(23)24/h1-7,10,20H,8-9H2,(H,23,24). The highest BCUT2D eigenvalue weighted by atomic mass is 79.9. The van der Waals surface area contributed by atoms with Crippen molar-refractivity contribution < 1.29 is 9.90 Å². The first-order valence-electron chi connectivity index (χ1n) is 7.59. The zero-order valence-electron chi connectivity index (χ0n) is 12.7. The maximum Gasteiger partial charge on any atom is 0.335 e.